The molecule has 1 aromatic rings. The molecule has 0 fully saturated rings. The van der Waals surface area contributed by atoms with Gasteiger partial charge >= 0.3 is 0 Å². The maximum absolute atomic E-state index is 11.8. The second-order valence-electron chi connectivity index (χ2n) is 5.37. The van der Waals surface area contributed by atoms with Crippen LogP contribution in [0.4, 0.5) is 5.69 Å². The summed E-state index contributed by atoms with van der Waals surface area (Å²) in [6.45, 7) is 2.89. The van der Waals surface area contributed by atoms with Crippen LogP contribution in [0.2, 0.25) is 0 Å². The van der Waals surface area contributed by atoms with E-state index in [1.54, 1.807) is 24.3 Å². The standard InChI is InChI=1S/C16H23N3O3/c1-12(20)13-6-4-7-14(10-13)18-16(22)11-15(21)17-8-5-9-19(2)3/h4,6-7,10H,5,8-9,11H2,1-3H3,(H,17,21)(H,18,22). The molecular formula is C16H23N3O3. The molecule has 0 saturated carbocycles. The number of carbonyl (C=O) groups excluding carboxylic acids is 3. The van der Waals surface area contributed by atoms with E-state index in [2.05, 4.69) is 10.6 Å². The second-order valence-corrected chi connectivity index (χ2v) is 5.37. The molecule has 22 heavy (non-hydrogen) atoms. The number of benzene rings is 1. The monoisotopic (exact) mass is 305 g/mol. The molecule has 0 aliphatic rings. The molecular weight excluding hydrogens is 282 g/mol. The molecule has 120 valence electrons. The number of hydrogen-bond donors (Lipinski definition) is 2. The molecule has 2 N–H and O–H groups in total. The van der Waals surface area contributed by atoms with Gasteiger partial charge in [-0.25, -0.2) is 0 Å². The average molecular weight is 305 g/mol. The maximum atomic E-state index is 11.8. The van der Waals surface area contributed by atoms with E-state index in [1.165, 1.54) is 6.92 Å². The summed E-state index contributed by atoms with van der Waals surface area (Å²) in [6, 6.07) is 6.64. The van der Waals surface area contributed by atoms with E-state index >= 15 is 0 Å². The van der Waals surface area contributed by atoms with Crippen LogP contribution < -0.4 is 10.6 Å². The van der Waals surface area contributed by atoms with Crippen LogP contribution in [0.5, 0.6) is 0 Å². The second kappa shape index (κ2) is 8.94. The summed E-state index contributed by atoms with van der Waals surface area (Å²) in [4.78, 5) is 36.7. The molecule has 0 radical (unpaired) electrons. The van der Waals surface area contributed by atoms with Crippen molar-refractivity contribution in [1.82, 2.24) is 10.2 Å². The van der Waals surface area contributed by atoms with E-state index in [-0.39, 0.29) is 18.1 Å². The van der Waals surface area contributed by atoms with Crippen molar-refractivity contribution in [3.63, 3.8) is 0 Å². The summed E-state index contributed by atoms with van der Waals surface area (Å²) in [6.07, 6.45) is 0.604. The molecule has 0 bridgehead atoms. The molecule has 0 aliphatic heterocycles. The molecule has 0 heterocycles. The third kappa shape index (κ3) is 6.99. The van der Waals surface area contributed by atoms with Gasteiger partial charge in [0.25, 0.3) is 0 Å². The molecule has 0 atom stereocenters. The van der Waals surface area contributed by atoms with Gasteiger partial charge in [-0.2, -0.15) is 0 Å². The summed E-state index contributed by atoms with van der Waals surface area (Å²) in [5.41, 5.74) is 1.03. The number of amides is 2. The van der Waals surface area contributed by atoms with E-state index in [1.807, 2.05) is 19.0 Å². The fourth-order valence-electron chi connectivity index (χ4n) is 1.85. The Balaban J connectivity index is 2.38. The molecule has 2 amide bonds. The molecule has 6 nitrogen and oxygen atoms in total. The predicted octanol–water partition coefficient (Wildman–Crippen LogP) is 1.29. The first-order valence-electron chi connectivity index (χ1n) is 7.21. The van der Waals surface area contributed by atoms with Crippen molar-refractivity contribution in [3.8, 4) is 0 Å². The largest absolute Gasteiger partial charge is 0.356 e. The van der Waals surface area contributed by atoms with Gasteiger partial charge in [0.1, 0.15) is 6.42 Å². The fraction of sp³-hybridized carbons (Fsp3) is 0.438. The van der Waals surface area contributed by atoms with Crippen LogP contribution in [0.1, 0.15) is 30.1 Å². The molecule has 1 rings (SSSR count). The lowest BCUT2D eigenvalue weighted by Gasteiger charge is -2.10. The van der Waals surface area contributed by atoms with Crippen molar-refractivity contribution < 1.29 is 14.4 Å². The third-order valence-corrected chi connectivity index (χ3v) is 2.98. The average Bonchev–Trinajstić information content (AvgIpc) is 2.43. The highest BCUT2D eigenvalue weighted by Gasteiger charge is 2.10. The van der Waals surface area contributed by atoms with Crippen LogP contribution in [-0.2, 0) is 9.59 Å². The number of ketones is 1. The highest BCUT2D eigenvalue weighted by atomic mass is 16.2. The Bertz CT molecular complexity index is 541. The quantitative estimate of drug-likeness (QED) is 0.431. The lowest BCUT2D eigenvalue weighted by molar-refractivity contribution is -0.126. The summed E-state index contributed by atoms with van der Waals surface area (Å²) in [5.74, 6) is -0.778. The van der Waals surface area contributed by atoms with Crippen molar-refractivity contribution in [3.05, 3.63) is 29.8 Å². The molecule has 0 spiro atoms. The maximum Gasteiger partial charge on any atom is 0.233 e. The Morgan fingerprint density at radius 1 is 1.14 bits per heavy atom. The predicted molar refractivity (Wildman–Crippen MR) is 85.9 cm³/mol. The van der Waals surface area contributed by atoms with E-state index in [0.29, 0.717) is 17.8 Å². The van der Waals surface area contributed by atoms with Gasteiger partial charge in [-0.3, -0.25) is 14.4 Å². The SMILES string of the molecule is CC(=O)c1cccc(NC(=O)CC(=O)NCCCN(C)C)c1. The van der Waals surface area contributed by atoms with Gasteiger partial charge in [0.05, 0.1) is 0 Å². The zero-order valence-corrected chi connectivity index (χ0v) is 13.3. The topological polar surface area (TPSA) is 78.5 Å². The van der Waals surface area contributed by atoms with Crippen LogP contribution in [-0.4, -0.2) is 49.7 Å². The summed E-state index contributed by atoms with van der Waals surface area (Å²) in [5, 5.41) is 5.32. The van der Waals surface area contributed by atoms with Gasteiger partial charge in [0.15, 0.2) is 5.78 Å². The zero-order valence-electron chi connectivity index (χ0n) is 13.3. The molecule has 6 heteroatoms. The van der Waals surface area contributed by atoms with Gasteiger partial charge in [-0.1, -0.05) is 12.1 Å². The van der Waals surface area contributed by atoms with Crippen LogP contribution in [0, 0.1) is 0 Å². The lowest BCUT2D eigenvalue weighted by atomic mass is 10.1. The molecule has 0 aromatic heterocycles. The van der Waals surface area contributed by atoms with E-state index in [4.69, 9.17) is 0 Å². The number of carbonyl (C=O) groups is 3. The van der Waals surface area contributed by atoms with Gasteiger partial charge in [0, 0.05) is 17.8 Å². The number of nitrogens with zero attached hydrogens (tertiary/aromatic N) is 1. The van der Waals surface area contributed by atoms with Crippen molar-refractivity contribution in [1.29, 1.82) is 0 Å². The Morgan fingerprint density at radius 2 is 1.86 bits per heavy atom. The first kappa shape index (κ1) is 17.8. The van der Waals surface area contributed by atoms with Gasteiger partial charge in [-0.05, 0) is 46.1 Å². The number of Topliss-reactive ketones (excluding diaryl/α,β-unsaturated/α-hetero) is 1. The summed E-state index contributed by atoms with van der Waals surface area (Å²) >= 11 is 0. The Hall–Kier alpha value is -2.21. The molecule has 1 aromatic carbocycles. The molecule has 0 aliphatic carbocycles. The van der Waals surface area contributed by atoms with Crippen LogP contribution >= 0.6 is 0 Å². The van der Waals surface area contributed by atoms with Gasteiger partial charge in [0.2, 0.25) is 11.8 Å². The lowest BCUT2D eigenvalue weighted by Crippen LogP contribution is -2.30. The van der Waals surface area contributed by atoms with E-state index in [9.17, 15) is 14.4 Å². The van der Waals surface area contributed by atoms with E-state index < -0.39 is 5.91 Å². The van der Waals surface area contributed by atoms with Crippen molar-refractivity contribution in [2.45, 2.75) is 19.8 Å². The third-order valence-electron chi connectivity index (χ3n) is 2.98. The minimum Gasteiger partial charge on any atom is -0.356 e. The van der Waals surface area contributed by atoms with Crippen LogP contribution in [0.15, 0.2) is 24.3 Å². The highest BCUT2D eigenvalue weighted by Crippen LogP contribution is 2.11. The first-order valence-corrected chi connectivity index (χ1v) is 7.21. The van der Waals surface area contributed by atoms with Crippen molar-refractivity contribution >= 4 is 23.3 Å². The van der Waals surface area contributed by atoms with Crippen molar-refractivity contribution in [2.75, 3.05) is 32.5 Å². The first-order chi connectivity index (χ1) is 10.4. The summed E-state index contributed by atoms with van der Waals surface area (Å²) < 4.78 is 0. The van der Waals surface area contributed by atoms with Crippen LogP contribution in [0.3, 0.4) is 0 Å². The zero-order chi connectivity index (χ0) is 16.5. The summed E-state index contributed by atoms with van der Waals surface area (Å²) in [7, 11) is 3.93. The molecule has 0 unspecified atom stereocenters. The number of nitrogens with one attached hydrogen (secondary N) is 2. The number of hydrogen-bond acceptors (Lipinski definition) is 4. The minimum absolute atomic E-state index is 0.0743. The fourth-order valence-corrected chi connectivity index (χ4v) is 1.85. The van der Waals surface area contributed by atoms with E-state index in [0.717, 1.165) is 13.0 Å². The molecule has 0 saturated heterocycles. The number of anilines is 1. The normalized spacial score (nSPS) is 10.4. The minimum atomic E-state index is -0.397. The van der Waals surface area contributed by atoms with Gasteiger partial charge < -0.3 is 15.5 Å². The number of rotatable bonds is 8. The Labute approximate surface area is 130 Å². The highest BCUT2D eigenvalue weighted by molar-refractivity contribution is 6.04. The Morgan fingerprint density at radius 3 is 2.50 bits per heavy atom. The van der Waals surface area contributed by atoms with Gasteiger partial charge in [-0.15, -0.1) is 0 Å². The Kier molecular flexibility index (Phi) is 7.25. The van der Waals surface area contributed by atoms with Crippen LogP contribution in [0.25, 0.3) is 0 Å². The smallest absolute Gasteiger partial charge is 0.233 e. The van der Waals surface area contributed by atoms with Crippen molar-refractivity contribution in [2.24, 2.45) is 0 Å².